The van der Waals surface area contributed by atoms with Gasteiger partial charge < -0.3 is 10.4 Å². The van der Waals surface area contributed by atoms with Gasteiger partial charge in [0.15, 0.2) is 0 Å². The molecule has 4 nitrogen and oxygen atoms in total. The number of amides is 1. The molecule has 0 saturated carbocycles. The van der Waals surface area contributed by atoms with Crippen molar-refractivity contribution in [3.05, 3.63) is 34.3 Å². The molecule has 1 aromatic rings. The van der Waals surface area contributed by atoms with Gasteiger partial charge in [0.05, 0.1) is 12.6 Å². The molecule has 0 aromatic heterocycles. The fourth-order valence-corrected chi connectivity index (χ4v) is 2.38. The van der Waals surface area contributed by atoms with Gasteiger partial charge in [-0.05, 0) is 31.2 Å². The Balaban J connectivity index is 2.52. The second-order valence-corrected chi connectivity index (χ2v) is 5.49. The normalized spacial score (nSPS) is 12.5. The first kappa shape index (κ1) is 16.1. The summed E-state index contributed by atoms with van der Waals surface area (Å²) in [5.74, 6) is -0.00616. The Bertz CT molecular complexity index is 412. The van der Waals surface area contributed by atoms with Gasteiger partial charge in [-0.15, -0.1) is 0 Å². The number of nitrogens with one attached hydrogen (secondary N) is 1. The fraction of sp³-hybridized carbons (Fsp3) is 0.500. The molecule has 19 heavy (non-hydrogen) atoms. The standard InChI is InChI=1S/C14H21BrN2O2/c1-11(19)16-7-4-8-17(2)14(10-18)12-5-3-6-13(15)9-12/h3,5-6,9,14,18H,4,7-8,10H2,1-2H3,(H,16,19). The van der Waals surface area contributed by atoms with E-state index < -0.39 is 0 Å². The highest BCUT2D eigenvalue weighted by molar-refractivity contribution is 9.10. The zero-order valence-electron chi connectivity index (χ0n) is 11.4. The van der Waals surface area contributed by atoms with Crippen molar-refractivity contribution in [3.63, 3.8) is 0 Å². The Morgan fingerprint density at radius 2 is 2.26 bits per heavy atom. The minimum atomic E-state index is -0.0187. The Morgan fingerprint density at radius 3 is 2.84 bits per heavy atom. The van der Waals surface area contributed by atoms with Gasteiger partial charge in [-0.2, -0.15) is 0 Å². The Kier molecular flexibility index (Phi) is 7.05. The molecule has 0 aliphatic rings. The molecule has 1 rings (SSSR count). The fourth-order valence-electron chi connectivity index (χ4n) is 1.96. The number of hydrogen-bond acceptors (Lipinski definition) is 3. The van der Waals surface area contributed by atoms with Crippen LogP contribution in [0.15, 0.2) is 28.7 Å². The third kappa shape index (κ3) is 5.72. The van der Waals surface area contributed by atoms with E-state index in [1.54, 1.807) is 0 Å². The van der Waals surface area contributed by atoms with Crippen LogP contribution >= 0.6 is 15.9 Å². The number of hydrogen-bond donors (Lipinski definition) is 2. The number of nitrogens with zero attached hydrogens (tertiary/aromatic N) is 1. The molecule has 2 N–H and O–H groups in total. The van der Waals surface area contributed by atoms with Crippen LogP contribution in [-0.4, -0.2) is 42.7 Å². The lowest BCUT2D eigenvalue weighted by molar-refractivity contribution is -0.118. The molecule has 0 spiro atoms. The van der Waals surface area contributed by atoms with Crippen LogP contribution in [0, 0.1) is 0 Å². The topological polar surface area (TPSA) is 52.6 Å². The van der Waals surface area contributed by atoms with Crippen LogP contribution in [-0.2, 0) is 4.79 Å². The number of carbonyl (C=O) groups excluding carboxylic acids is 1. The predicted molar refractivity (Wildman–Crippen MR) is 79.9 cm³/mol. The average molecular weight is 329 g/mol. The number of carbonyl (C=O) groups is 1. The molecule has 5 heteroatoms. The molecule has 106 valence electrons. The lowest BCUT2D eigenvalue weighted by Gasteiger charge is -2.27. The van der Waals surface area contributed by atoms with Crippen molar-refractivity contribution < 1.29 is 9.90 Å². The smallest absolute Gasteiger partial charge is 0.216 e. The van der Waals surface area contributed by atoms with E-state index in [9.17, 15) is 9.90 Å². The molecule has 0 bridgehead atoms. The lowest BCUT2D eigenvalue weighted by atomic mass is 10.1. The highest BCUT2D eigenvalue weighted by Gasteiger charge is 2.15. The van der Waals surface area contributed by atoms with E-state index in [2.05, 4.69) is 26.1 Å². The first-order valence-electron chi connectivity index (χ1n) is 6.35. The molecular weight excluding hydrogens is 308 g/mol. The van der Waals surface area contributed by atoms with Crippen molar-refractivity contribution in [1.29, 1.82) is 0 Å². The predicted octanol–water partition coefficient (Wildman–Crippen LogP) is 1.94. The lowest BCUT2D eigenvalue weighted by Crippen LogP contribution is -2.31. The van der Waals surface area contributed by atoms with Crippen LogP contribution in [0.5, 0.6) is 0 Å². The number of aliphatic hydroxyl groups is 1. The quantitative estimate of drug-likeness (QED) is 0.752. The van der Waals surface area contributed by atoms with Crippen LogP contribution < -0.4 is 5.32 Å². The highest BCUT2D eigenvalue weighted by Crippen LogP contribution is 2.22. The molecule has 1 unspecified atom stereocenters. The van der Waals surface area contributed by atoms with Gasteiger partial charge in [-0.3, -0.25) is 9.69 Å². The summed E-state index contributed by atoms with van der Waals surface area (Å²) in [5, 5.41) is 12.3. The molecule has 1 atom stereocenters. The summed E-state index contributed by atoms with van der Waals surface area (Å²) in [6.07, 6.45) is 0.862. The summed E-state index contributed by atoms with van der Waals surface area (Å²) in [7, 11) is 1.98. The van der Waals surface area contributed by atoms with Crippen LogP contribution in [0.1, 0.15) is 24.9 Å². The first-order chi connectivity index (χ1) is 9.04. The Labute approximate surface area is 122 Å². The summed E-state index contributed by atoms with van der Waals surface area (Å²) in [6.45, 7) is 3.07. The van der Waals surface area contributed by atoms with Gasteiger partial charge >= 0.3 is 0 Å². The van der Waals surface area contributed by atoms with Crippen molar-refractivity contribution in [2.75, 3.05) is 26.7 Å². The maximum Gasteiger partial charge on any atom is 0.216 e. The van der Waals surface area contributed by atoms with E-state index in [4.69, 9.17) is 0 Å². The molecule has 0 radical (unpaired) electrons. The van der Waals surface area contributed by atoms with E-state index in [0.717, 1.165) is 23.0 Å². The summed E-state index contributed by atoms with van der Waals surface area (Å²) in [6, 6.07) is 7.94. The number of likely N-dealkylation sites (N-methyl/N-ethyl adjacent to an activating group) is 1. The molecule has 0 saturated heterocycles. The molecule has 0 heterocycles. The van der Waals surface area contributed by atoms with Gasteiger partial charge in [0.1, 0.15) is 0 Å². The molecular formula is C14H21BrN2O2. The average Bonchev–Trinajstić information content (AvgIpc) is 2.35. The zero-order valence-corrected chi connectivity index (χ0v) is 13.0. The van der Waals surface area contributed by atoms with Crippen molar-refractivity contribution in [2.45, 2.75) is 19.4 Å². The first-order valence-corrected chi connectivity index (χ1v) is 7.15. The van der Waals surface area contributed by atoms with Crippen molar-refractivity contribution >= 4 is 21.8 Å². The zero-order chi connectivity index (χ0) is 14.3. The molecule has 0 aliphatic carbocycles. The Morgan fingerprint density at radius 1 is 1.53 bits per heavy atom. The van der Waals surface area contributed by atoms with Gasteiger partial charge in [0.25, 0.3) is 0 Å². The van der Waals surface area contributed by atoms with Gasteiger partial charge in [0, 0.05) is 24.5 Å². The van der Waals surface area contributed by atoms with E-state index in [0.29, 0.717) is 6.54 Å². The van der Waals surface area contributed by atoms with Crippen molar-refractivity contribution in [3.8, 4) is 0 Å². The van der Waals surface area contributed by atoms with Gasteiger partial charge in [-0.25, -0.2) is 0 Å². The SMILES string of the molecule is CC(=O)NCCCN(C)C(CO)c1cccc(Br)c1. The van der Waals surface area contributed by atoms with Crippen LogP contribution in [0.3, 0.4) is 0 Å². The second-order valence-electron chi connectivity index (χ2n) is 4.57. The largest absolute Gasteiger partial charge is 0.394 e. The highest BCUT2D eigenvalue weighted by atomic mass is 79.9. The third-order valence-corrected chi connectivity index (χ3v) is 3.49. The van der Waals surface area contributed by atoms with Gasteiger partial charge in [0.2, 0.25) is 5.91 Å². The summed E-state index contributed by atoms with van der Waals surface area (Å²) >= 11 is 3.44. The minimum absolute atomic E-state index is 0.00616. The van der Waals surface area contributed by atoms with Crippen molar-refractivity contribution in [1.82, 2.24) is 10.2 Å². The van der Waals surface area contributed by atoms with E-state index in [1.165, 1.54) is 6.92 Å². The summed E-state index contributed by atoms with van der Waals surface area (Å²) in [4.78, 5) is 12.9. The monoisotopic (exact) mass is 328 g/mol. The van der Waals surface area contributed by atoms with Crippen LogP contribution in [0.2, 0.25) is 0 Å². The summed E-state index contributed by atoms with van der Waals surface area (Å²) < 4.78 is 1.01. The third-order valence-electron chi connectivity index (χ3n) is 3.00. The number of rotatable bonds is 7. The molecule has 1 amide bonds. The Hall–Kier alpha value is -0.910. The second kappa shape index (κ2) is 8.30. The van der Waals surface area contributed by atoms with Crippen LogP contribution in [0.4, 0.5) is 0 Å². The molecule has 0 aliphatic heterocycles. The van der Waals surface area contributed by atoms with Crippen LogP contribution in [0.25, 0.3) is 0 Å². The minimum Gasteiger partial charge on any atom is -0.394 e. The summed E-state index contributed by atoms with van der Waals surface area (Å²) in [5.41, 5.74) is 1.08. The van der Waals surface area contributed by atoms with E-state index >= 15 is 0 Å². The number of benzene rings is 1. The maximum absolute atomic E-state index is 10.8. The van der Waals surface area contributed by atoms with E-state index in [-0.39, 0.29) is 18.6 Å². The maximum atomic E-state index is 10.8. The van der Waals surface area contributed by atoms with Crippen molar-refractivity contribution in [2.24, 2.45) is 0 Å². The molecule has 1 aromatic carbocycles. The number of halogens is 1. The molecule has 0 fully saturated rings. The number of aliphatic hydroxyl groups excluding tert-OH is 1. The van der Waals surface area contributed by atoms with E-state index in [1.807, 2.05) is 31.3 Å². The van der Waals surface area contributed by atoms with Gasteiger partial charge in [-0.1, -0.05) is 28.1 Å².